The summed E-state index contributed by atoms with van der Waals surface area (Å²) in [5.41, 5.74) is 0.410. The number of hydrogen-bond donors (Lipinski definition) is 2. The minimum atomic E-state index is -3.76. The lowest BCUT2D eigenvalue weighted by atomic mass is 9.79. The van der Waals surface area contributed by atoms with Crippen molar-refractivity contribution in [2.45, 2.75) is 59.1 Å². The second-order valence-corrected chi connectivity index (χ2v) is 9.25. The molecule has 26 heavy (non-hydrogen) atoms. The van der Waals surface area contributed by atoms with E-state index in [0.717, 1.165) is 19.3 Å². The van der Waals surface area contributed by atoms with Crippen molar-refractivity contribution in [2.75, 3.05) is 10.5 Å². The Morgan fingerprint density at radius 2 is 1.73 bits per heavy atom. The van der Waals surface area contributed by atoms with E-state index in [1.165, 1.54) is 0 Å². The van der Waals surface area contributed by atoms with E-state index in [1.54, 1.807) is 24.3 Å². The monoisotopic (exact) mass is 382 g/mol. The lowest BCUT2D eigenvalue weighted by Gasteiger charge is -2.35. The summed E-state index contributed by atoms with van der Waals surface area (Å²) in [6.45, 7) is 8.05. The van der Waals surface area contributed by atoms with Gasteiger partial charge in [0.15, 0.2) is 0 Å². The van der Waals surface area contributed by atoms with Gasteiger partial charge in [0.05, 0.1) is 6.10 Å². The van der Waals surface area contributed by atoms with Crippen molar-refractivity contribution in [1.29, 1.82) is 0 Å². The summed E-state index contributed by atoms with van der Waals surface area (Å²) >= 11 is 0. The van der Waals surface area contributed by atoms with Crippen molar-refractivity contribution in [2.24, 2.45) is 11.8 Å². The molecule has 1 aliphatic carbocycles. The van der Waals surface area contributed by atoms with Gasteiger partial charge in [0, 0.05) is 11.7 Å². The SMILES string of the molecule is CC(C)Oc1ccc(NS(=O)(=O)CC(=O)NC2C(C)CCCC2C)cc1. The number of anilines is 1. The number of amides is 1. The number of sulfonamides is 1. The quantitative estimate of drug-likeness (QED) is 0.759. The number of nitrogens with one attached hydrogen (secondary N) is 2. The van der Waals surface area contributed by atoms with E-state index >= 15 is 0 Å². The molecule has 0 heterocycles. The first-order valence-electron chi connectivity index (χ1n) is 9.23. The average Bonchev–Trinajstić information content (AvgIpc) is 2.52. The van der Waals surface area contributed by atoms with Crippen LogP contribution >= 0.6 is 0 Å². The summed E-state index contributed by atoms with van der Waals surface area (Å²) < 4.78 is 32.5. The highest BCUT2D eigenvalue weighted by molar-refractivity contribution is 7.93. The third kappa shape index (κ3) is 6.20. The van der Waals surface area contributed by atoms with Gasteiger partial charge in [-0.3, -0.25) is 9.52 Å². The molecular weight excluding hydrogens is 352 g/mol. The Kier molecular flexibility index (Phi) is 6.92. The van der Waals surface area contributed by atoms with E-state index in [1.807, 2.05) is 13.8 Å². The predicted molar refractivity (Wildman–Crippen MR) is 104 cm³/mol. The van der Waals surface area contributed by atoms with Crippen LogP contribution in [0.3, 0.4) is 0 Å². The summed E-state index contributed by atoms with van der Waals surface area (Å²) in [7, 11) is -3.76. The number of ether oxygens (including phenoxy) is 1. The molecule has 2 rings (SSSR count). The van der Waals surface area contributed by atoms with Gasteiger partial charge in [-0.15, -0.1) is 0 Å². The van der Waals surface area contributed by atoms with Crippen molar-refractivity contribution in [1.82, 2.24) is 5.32 Å². The van der Waals surface area contributed by atoms with Crippen molar-refractivity contribution in [3.63, 3.8) is 0 Å². The van der Waals surface area contributed by atoms with Crippen molar-refractivity contribution < 1.29 is 17.9 Å². The highest BCUT2D eigenvalue weighted by Gasteiger charge is 2.30. The zero-order valence-electron chi connectivity index (χ0n) is 16.0. The summed E-state index contributed by atoms with van der Waals surface area (Å²) in [6.07, 6.45) is 3.33. The van der Waals surface area contributed by atoms with E-state index in [0.29, 0.717) is 23.3 Å². The Morgan fingerprint density at radius 3 is 2.27 bits per heavy atom. The van der Waals surface area contributed by atoms with Gasteiger partial charge in [0.1, 0.15) is 11.5 Å². The first kappa shape index (κ1) is 20.6. The van der Waals surface area contributed by atoms with E-state index in [9.17, 15) is 13.2 Å². The average molecular weight is 383 g/mol. The lowest BCUT2D eigenvalue weighted by molar-refractivity contribution is -0.120. The fourth-order valence-electron chi connectivity index (χ4n) is 3.46. The normalized spacial score (nSPS) is 23.5. The standard InChI is InChI=1S/C19H30N2O4S/c1-13(2)25-17-10-8-16(9-11-17)21-26(23,24)12-18(22)20-19-14(3)6-5-7-15(19)4/h8-11,13-15,19,21H,5-7,12H2,1-4H3,(H,20,22). The number of carbonyl (C=O) groups excluding carboxylic acids is 1. The van der Waals surface area contributed by atoms with Gasteiger partial charge in [0.2, 0.25) is 15.9 Å². The molecule has 2 atom stereocenters. The molecule has 1 aromatic rings. The number of hydrogen-bond acceptors (Lipinski definition) is 4. The van der Waals surface area contributed by atoms with Crippen LogP contribution < -0.4 is 14.8 Å². The third-order valence-corrected chi connectivity index (χ3v) is 5.88. The Morgan fingerprint density at radius 1 is 1.15 bits per heavy atom. The zero-order valence-corrected chi connectivity index (χ0v) is 16.8. The fourth-order valence-corrected chi connectivity index (χ4v) is 4.45. The third-order valence-electron chi connectivity index (χ3n) is 4.69. The molecule has 0 bridgehead atoms. The summed E-state index contributed by atoms with van der Waals surface area (Å²) in [4.78, 5) is 12.2. The second-order valence-electron chi connectivity index (χ2n) is 7.53. The molecule has 0 saturated heterocycles. The molecule has 1 amide bonds. The zero-order chi connectivity index (χ0) is 19.3. The molecule has 1 aromatic carbocycles. The number of carbonyl (C=O) groups is 1. The molecule has 0 radical (unpaired) electrons. The van der Waals surface area contributed by atoms with Crippen molar-refractivity contribution in [3.8, 4) is 5.75 Å². The van der Waals surface area contributed by atoms with Gasteiger partial charge in [-0.2, -0.15) is 0 Å². The van der Waals surface area contributed by atoms with Crippen LogP contribution in [-0.2, 0) is 14.8 Å². The van der Waals surface area contributed by atoms with Crippen LogP contribution in [0.15, 0.2) is 24.3 Å². The van der Waals surface area contributed by atoms with Gasteiger partial charge in [-0.05, 0) is 62.8 Å². The van der Waals surface area contributed by atoms with Gasteiger partial charge in [-0.1, -0.05) is 20.3 Å². The first-order chi connectivity index (χ1) is 12.2. The largest absolute Gasteiger partial charge is 0.491 e. The van der Waals surface area contributed by atoms with Crippen LogP contribution in [-0.4, -0.2) is 32.2 Å². The minimum Gasteiger partial charge on any atom is -0.491 e. The first-order valence-corrected chi connectivity index (χ1v) is 10.9. The molecule has 7 heteroatoms. The van der Waals surface area contributed by atoms with Gasteiger partial charge >= 0.3 is 0 Å². The van der Waals surface area contributed by atoms with Crippen LogP contribution in [0.25, 0.3) is 0 Å². The van der Waals surface area contributed by atoms with Gasteiger partial charge in [0.25, 0.3) is 0 Å². The molecule has 6 nitrogen and oxygen atoms in total. The predicted octanol–water partition coefficient (Wildman–Crippen LogP) is 3.16. The summed E-state index contributed by atoms with van der Waals surface area (Å²) in [5.74, 6) is 0.371. The summed E-state index contributed by atoms with van der Waals surface area (Å²) in [6, 6.07) is 6.68. The van der Waals surface area contributed by atoms with Crippen LogP contribution in [0, 0.1) is 11.8 Å². The maximum Gasteiger partial charge on any atom is 0.241 e. The Hall–Kier alpha value is -1.76. The fraction of sp³-hybridized carbons (Fsp3) is 0.632. The Bertz CT molecular complexity index is 691. The number of benzene rings is 1. The van der Waals surface area contributed by atoms with Crippen LogP contribution in [0.4, 0.5) is 5.69 Å². The molecule has 2 N–H and O–H groups in total. The Labute approximate surface area is 156 Å². The van der Waals surface area contributed by atoms with Crippen molar-refractivity contribution >= 4 is 21.6 Å². The molecule has 0 aliphatic heterocycles. The topological polar surface area (TPSA) is 84.5 Å². The maximum absolute atomic E-state index is 12.3. The number of rotatable bonds is 7. The maximum atomic E-state index is 12.3. The smallest absolute Gasteiger partial charge is 0.241 e. The van der Waals surface area contributed by atoms with Crippen molar-refractivity contribution in [3.05, 3.63) is 24.3 Å². The molecule has 1 aliphatic rings. The lowest BCUT2D eigenvalue weighted by Crippen LogP contribution is -2.47. The van der Waals surface area contributed by atoms with E-state index < -0.39 is 21.7 Å². The Balaban J connectivity index is 1.92. The van der Waals surface area contributed by atoms with Crippen LogP contribution in [0.2, 0.25) is 0 Å². The molecule has 146 valence electrons. The highest BCUT2D eigenvalue weighted by Crippen LogP contribution is 2.28. The second kappa shape index (κ2) is 8.75. The molecule has 2 unspecified atom stereocenters. The minimum absolute atomic E-state index is 0.0407. The molecular formula is C19H30N2O4S. The van der Waals surface area contributed by atoms with Gasteiger partial charge in [-0.25, -0.2) is 8.42 Å². The van der Waals surface area contributed by atoms with E-state index in [4.69, 9.17) is 4.74 Å². The van der Waals surface area contributed by atoms with E-state index in [-0.39, 0.29) is 12.1 Å². The molecule has 1 saturated carbocycles. The molecule has 1 fully saturated rings. The molecule has 0 aromatic heterocycles. The van der Waals surface area contributed by atoms with E-state index in [2.05, 4.69) is 23.9 Å². The summed E-state index contributed by atoms with van der Waals surface area (Å²) in [5, 5.41) is 2.91. The van der Waals surface area contributed by atoms with Gasteiger partial charge < -0.3 is 10.1 Å². The highest BCUT2D eigenvalue weighted by atomic mass is 32.2. The van der Waals surface area contributed by atoms with Crippen LogP contribution in [0.1, 0.15) is 47.0 Å². The van der Waals surface area contributed by atoms with Crippen LogP contribution in [0.5, 0.6) is 5.75 Å². The molecule has 0 spiro atoms.